The van der Waals surface area contributed by atoms with Gasteiger partial charge in [-0.25, -0.2) is 0 Å². The summed E-state index contributed by atoms with van der Waals surface area (Å²) in [5.74, 6) is 2.30. The Hall–Kier alpha value is -0.460. The molecule has 0 bridgehead atoms. The summed E-state index contributed by atoms with van der Waals surface area (Å²) in [5, 5.41) is 0. The molecule has 1 rings (SSSR count). The molecule has 1 heterocycles. The highest BCUT2D eigenvalue weighted by atomic mass is 15.1. The molecule has 1 fully saturated rings. The van der Waals surface area contributed by atoms with Crippen LogP contribution in [0.4, 0.5) is 0 Å². The van der Waals surface area contributed by atoms with Crippen molar-refractivity contribution >= 4 is 0 Å². The molecule has 0 aliphatic carbocycles. The van der Waals surface area contributed by atoms with Gasteiger partial charge < -0.3 is 4.90 Å². The Morgan fingerprint density at radius 3 is 2.42 bits per heavy atom. The molecule has 1 aliphatic heterocycles. The summed E-state index contributed by atoms with van der Waals surface area (Å²) < 4.78 is 0. The summed E-state index contributed by atoms with van der Waals surface area (Å²) in [6, 6.07) is 0. The third kappa shape index (κ3) is 1.82. The minimum Gasteiger partial charge on any atom is -0.378 e. The largest absolute Gasteiger partial charge is 0.378 e. The zero-order valence-electron chi connectivity index (χ0n) is 8.80. The molecular formula is C11H21N. The van der Waals surface area contributed by atoms with E-state index in [1.54, 1.807) is 0 Å². The topological polar surface area (TPSA) is 3.24 Å². The van der Waals surface area contributed by atoms with E-state index in [2.05, 4.69) is 39.3 Å². The first kappa shape index (κ1) is 9.63. The minimum atomic E-state index is 0.662. The molecule has 0 amide bonds. The molecule has 3 unspecified atom stereocenters. The second-order valence-electron chi connectivity index (χ2n) is 4.46. The molecule has 3 atom stereocenters. The number of hydrogen-bond acceptors (Lipinski definition) is 1. The molecule has 0 aromatic carbocycles. The normalized spacial score (nSPS) is 38.2. The summed E-state index contributed by atoms with van der Waals surface area (Å²) in [6.45, 7) is 12.3. The number of allylic oxidation sites excluding steroid dienone is 1. The van der Waals surface area contributed by atoms with E-state index in [0.717, 1.165) is 11.8 Å². The standard InChI is InChI=1S/C11H21N/c1-8-6-9(2)11(4)12(5)7-10(8)3/h8-10H,4,6-7H2,1-3,5H3. The van der Waals surface area contributed by atoms with E-state index in [1.807, 2.05) is 0 Å². The van der Waals surface area contributed by atoms with Gasteiger partial charge in [0.1, 0.15) is 0 Å². The van der Waals surface area contributed by atoms with E-state index in [0.29, 0.717) is 5.92 Å². The first-order valence-electron chi connectivity index (χ1n) is 4.92. The molecule has 0 radical (unpaired) electrons. The molecule has 1 heteroatoms. The van der Waals surface area contributed by atoms with Gasteiger partial charge in [0.15, 0.2) is 0 Å². The Labute approximate surface area is 76.5 Å². The van der Waals surface area contributed by atoms with Crippen LogP contribution < -0.4 is 0 Å². The average Bonchev–Trinajstić information content (AvgIpc) is 2.07. The van der Waals surface area contributed by atoms with Gasteiger partial charge >= 0.3 is 0 Å². The number of likely N-dealkylation sites (tertiary alicyclic amines) is 1. The lowest BCUT2D eigenvalue weighted by molar-refractivity contribution is 0.309. The van der Waals surface area contributed by atoms with E-state index in [4.69, 9.17) is 0 Å². The van der Waals surface area contributed by atoms with Crippen LogP contribution in [0.3, 0.4) is 0 Å². The zero-order chi connectivity index (χ0) is 9.30. The molecule has 70 valence electrons. The maximum absolute atomic E-state index is 4.13. The Kier molecular flexibility index (Phi) is 2.81. The van der Waals surface area contributed by atoms with Crippen LogP contribution in [0.1, 0.15) is 27.2 Å². The molecule has 1 aliphatic rings. The van der Waals surface area contributed by atoms with Crippen molar-refractivity contribution in [2.75, 3.05) is 13.6 Å². The molecule has 0 spiro atoms. The lowest BCUT2D eigenvalue weighted by atomic mass is 9.89. The van der Waals surface area contributed by atoms with Gasteiger partial charge in [0.25, 0.3) is 0 Å². The fourth-order valence-electron chi connectivity index (χ4n) is 2.03. The number of hydrogen-bond donors (Lipinski definition) is 0. The Balaban J connectivity index is 2.71. The second-order valence-corrected chi connectivity index (χ2v) is 4.46. The van der Waals surface area contributed by atoms with Crippen LogP contribution in [0.25, 0.3) is 0 Å². The van der Waals surface area contributed by atoms with E-state index in [9.17, 15) is 0 Å². The molecule has 0 aromatic heterocycles. The van der Waals surface area contributed by atoms with E-state index in [1.165, 1.54) is 18.7 Å². The van der Waals surface area contributed by atoms with Crippen molar-refractivity contribution in [1.29, 1.82) is 0 Å². The maximum Gasteiger partial charge on any atom is 0.0199 e. The van der Waals surface area contributed by atoms with Crippen LogP contribution in [0, 0.1) is 17.8 Å². The van der Waals surface area contributed by atoms with Crippen molar-refractivity contribution in [2.24, 2.45) is 17.8 Å². The monoisotopic (exact) mass is 167 g/mol. The first-order chi connectivity index (χ1) is 5.52. The third-order valence-corrected chi connectivity index (χ3v) is 3.32. The van der Waals surface area contributed by atoms with E-state index < -0.39 is 0 Å². The lowest BCUT2D eigenvalue weighted by Gasteiger charge is -2.23. The number of rotatable bonds is 0. The summed E-state index contributed by atoms with van der Waals surface area (Å²) >= 11 is 0. The second kappa shape index (κ2) is 3.51. The third-order valence-electron chi connectivity index (χ3n) is 3.32. The highest BCUT2D eigenvalue weighted by Gasteiger charge is 2.24. The predicted molar refractivity (Wildman–Crippen MR) is 53.9 cm³/mol. The van der Waals surface area contributed by atoms with Crippen molar-refractivity contribution in [3.05, 3.63) is 12.3 Å². The molecule has 12 heavy (non-hydrogen) atoms. The summed E-state index contributed by atoms with van der Waals surface area (Å²) in [5.41, 5.74) is 1.31. The number of nitrogens with zero attached hydrogens (tertiary/aromatic N) is 1. The van der Waals surface area contributed by atoms with Crippen molar-refractivity contribution < 1.29 is 0 Å². The minimum absolute atomic E-state index is 0.662. The molecular weight excluding hydrogens is 146 g/mol. The van der Waals surface area contributed by atoms with E-state index >= 15 is 0 Å². The van der Waals surface area contributed by atoms with Crippen LogP contribution >= 0.6 is 0 Å². The van der Waals surface area contributed by atoms with Gasteiger partial charge in [-0.15, -0.1) is 0 Å². The van der Waals surface area contributed by atoms with Gasteiger partial charge in [-0.2, -0.15) is 0 Å². The molecule has 1 nitrogen and oxygen atoms in total. The first-order valence-corrected chi connectivity index (χ1v) is 4.92. The summed E-state index contributed by atoms with van der Waals surface area (Å²) in [6.07, 6.45) is 1.30. The smallest absolute Gasteiger partial charge is 0.0199 e. The molecule has 0 N–H and O–H groups in total. The average molecular weight is 167 g/mol. The summed E-state index contributed by atoms with van der Waals surface area (Å²) in [7, 11) is 2.16. The highest BCUT2D eigenvalue weighted by molar-refractivity contribution is 5.00. The highest BCUT2D eigenvalue weighted by Crippen LogP contribution is 2.30. The van der Waals surface area contributed by atoms with Gasteiger partial charge in [-0.3, -0.25) is 0 Å². The Morgan fingerprint density at radius 2 is 1.83 bits per heavy atom. The van der Waals surface area contributed by atoms with Gasteiger partial charge in [-0.1, -0.05) is 27.4 Å². The quantitative estimate of drug-likeness (QED) is 0.536. The zero-order valence-corrected chi connectivity index (χ0v) is 8.80. The fourth-order valence-corrected chi connectivity index (χ4v) is 2.03. The van der Waals surface area contributed by atoms with Crippen LogP contribution in [0.15, 0.2) is 12.3 Å². The van der Waals surface area contributed by atoms with Gasteiger partial charge in [-0.05, 0) is 24.2 Å². The fraction of sp³-hybridized carbons (Fsp3) is 0.818. The van der Waals surface area contributed by atoms with Crippen LogP contribution in [0.2, 0.25) is 0 Å². The molecule has 0 saturated carbocycles. The van der Waals surface area contributed by atoms with Crippen molar-refractivity contribution in [3.63, 3.8) is 0 Å². The SMILES string of the molecule is C=C1C(C)CC(C)C(C)CN1C. The molecule has 1 saturated heterocycles. The van der Waals surface area contributed by atoms with Gasteiger partial charge in [0.2, 0.25) is 0 Å². The van der Waals surface area contributed by atoms with Gasteiger partial charge in [0, 0.05) is 19.3 Å². The van der Waals surface area contributed by atoms with Crippen molar-refractivity contribution in [3.8, 4) is 0 Å². The maximum atomic E-state index is 4.13. The van der Waals surface area contributed by atoms with Crippen molar-refractivity contribution in [1.82, 2.24) is 4.90 Å². The summed E-state index contributed by atoms with van der Waals surface area (Å²) in [4.78, 5) is 2.32. The lowest BCUT2D eigenvalue weighted by Crippen LogP contribution is -2.23. The van der Waals surface area contributed by atoms with Crippen LogP contribution in [-0.4, -0.2) is 18.5 Å². The Morgan fingerprint density at radius 1 is 1.25 bits per heavy atom. The van der Waals surface area contributed by atoms with Crippen LogP contribution in [-0.2, 0) is 0 Å². The van der Waals surface area contributed by atoms with Crippen LogP contribution in [0.5, 0.6) is 0 Å². The van der Waals surface area contributed by atoms with E-state index in [-0.39, 0.29) is 0 Å². The van der Waals surface area contributed by atoms with Crippen molar-refractivity contribution in [2.45, 2.75) is 27.2 Å². The predicted octanol–water partition coefficient (Wildman–Crippen LogP) is 2.74. The Bertz CT molecular complexity index is 156. The van der Waals surface area contributed by atoms with Gasteiger partial charge in [0.05, 0.1) is 0 Å². The molecule has 0 aromatic rings.